The van der Waals surface area contributed by atoms with Crippen LogP contribution in [0.2, 0.25) is 5.02 Å². The molecular formula is C28H25ClFNO4. The van der Waals surface area contributed by atoms with E-state index in [1.807, 2.05) is 20.8 Å². The van der Waals surface area contributed by atoms with Gasteiger partial charge in [0.25, 0.3) is 11.7 Å². The minimum Gasteiger partial charge on any atom is -0.507 e. The van der Waals surface area contributed by atoms with Crippen molar-refractivity contribution < 1.29 is 23.8 Å². The lowest BCUT2D eigenvalue weighted by molar-refractivity contribution is -0.132. The van der Waals surface area contributed by atoms with Crippen LogP contribution in [-0.2, 0) is 9.59 Å². The first-order valence-corrected chi connectivity index (χ1v) is 11.6. The SMILES string of the molecule is Cc1cc(/C(O)=C2/C(=O)C(=O)N(c3ccc(F)cc3)C2c2ccc(Cl)cc2)ccc1OCC(C)C. The number of ketones is 1. The van der Waals surface area contributed by atoms with Crippen LogP contribution in [0.25, 0.3) is 5.76 Å². The van der Waals surface area contributed by atoms with E-state index in [1.54, 1.807) is 42.5 Å². The fraction of sp³-hybridized carbons (Fsp3) is 0.214. The van der Waals surface area contributed by atoms with Gasteiger partial charge in [-0.15, -0.1) is 0 Å². The van der Waals surface area contributed by atoms with E-state index >= 15 is 0 Å². The Morgan fingerprint density at radius 2 is 1.71 bits per heavy atom. The van der Waals surface area contributed by atoms with Gasteiger partial charge in [0.2, 0.25) is 0 Å². The second-order valence-corrected chi connectivity index (χ2v) is 9.32. The van der Waals surface area contributed by atoms with Crippen molar-refractivity contribution in [2.45, 2.75) is 26.8 Å². The van der Waals surface area contributed by atoms with Gasteiger partial charge in [-0.2, -0.15) is 0 Å². The lowest BCUT2D eigenvalue weighted by atomic mass is 9.94. The first-order chi connectivity index (χ1) is 16.7. The Balaban J connectivity index is 1.84. The number of ether oxygens (including phenoxy) is 1. The number of carbonyl (C=O) groups is 2. The van der Waals surface area contributed by atoms with Gasteiger partial charge in [0.1, 0.15) is 17.3 Å². The molecule has 1 atom stereocenters. The Hall–Kier alpha value is -3.64. The third-order valence-corrected chi connectivity index (χ3v) is 6.01. The van der Waals surface area contributed by atoms with E-state index in [0.29, 0.717) is 40.1 Å². The van der Waals surface area contributed by atoms with Crippen LogP contribution >= 0.6 is 11.6 Å². The highest BCUT2D eigenvalue weighted by Crippen LogP contribution is 2.42. The number of amides is 1. The summed E-state index contributed by atoms with van der Waals surface area (Å²) in [5.74, 6) is -1.38. The zero-order chi connectivity index (χ0) is 25.3. The molecule has 7 heteroatoms. The lowest BCUT2D eigenvalue weighted by Crippen LogP contribution is -2.29. The molecule has 1 aliphatic heterocycles. The molecule has 0 saturated carbocycles. The van der Waals surface area contributed by atoms with Crippen molar-refractivity contribution in [2.75, 3.05) is 11.5 Å². The van der Waals surface area contributed by atoms with Crippen molar-refractivity contribution >= 4 is 34.7 Å². The number of halogens is 2. The molecule has 0 aliphatic carbocycles. The van der Waals surface area contributed by atoms with Gasteiger partial charge in [0.15, 0.2) is 0 Å². The van der Waals surface area contributed by atoms with Crippen molar-refractivity contribution in [2.24, 2.45) is 5.92 Å². The monoisotopic (exact) mass is 493 g/mol. The summed E-state index contributed by atoms with van der Waals surface area (Å²) in [5.41, 5.74) is 2.02. The fourth-order valence-electron chi connectivity index (χ4n) is 4.03. The Bertz CT molecular complexity index is 1300. The zero-order valence-electron chi connectivity index (χ0n) is 19.6. The highest BCUT2D eigenvalue weighted by molar-refractivity contribution is 6.51. The topological polar surface area (TPSA) is 66.8 Å². The molecule has 0 aromatic heterocycles. The van der Waals surface area contributed by atoms with Crippen LogP contribution in [0.1, 0.15) is 36.6 Å². The summed E-state index contributed by atoms with van der Waals surface area (Å²) < 4.78 is 19.4. The number of hydrogen-bond acceptors (Lipinski definition) is 4. The van der Waals surface area contributed by atoms with Gasteiger partial charge in [-0.05, 0) is 78.6 Å². The van der Waals surface area contributed by atoms with E-state index in [2.05, 4.69) is 0 Å². The van der Waals surface area contributed by atoms with E-state index in [1.165, 1.54) is 29.2 Å². The number of aliphatic hydroxyl groups excluding tert-OH is 1. The maximum absolute atomic E-state index is 13.6. The van der Waals surface area contributed by atoms with Crippen LogP contribution < -0.4 is 9.64 Å². The van der Waals surface area contributed by atoms with Crippen LogP contribution in [-0.4, -0.2) is 23.4 Å². The molecule has 1 amide bonds. The van der Waals surface area contributed by atoms with E-state index in [0.717, 1.165) is 5.56 Å². The smallest absolute Gasteiger partial charge is 0.300 e. The number of carbonyl (C=O) groups excluding carboxylic acids is 2. The Morgan fingerprint density at radius 3 is 2.31 bits per heavy atom. The molecule has 1 aliphatic rings. The average molecular weight is 494 g/mol. The van der Waals surface area contributed by atoms with Gasteiger partial charge in [-0.1, -0.05) is 37.6 Å². The minimum atomic E-state index is -0.921. The van der Waals surface area contributed by atoms with Crippen molar-refractivity contribution in [3.63, 3.8) is 0 Å². The van der Waals surface area contributed by atoms with Gasteiger partial charge in [-0.3, -0.25) is 14.5 Å². The van der Waals surface area contributed by atoms with E-state index < -0.39 is 23.5 Å². The maximum Gasteiger partial charge on any atom is 0.300 e. The molecule has 1 fully saturated rings. The van der Waals surface area contributed by atoms with Crippen LogP contribution in [0.15, 0.2) is 72.3 Å². The summed E-state index contributed by atoms with van der Waals surface area (Å²) in [5, 5.41) is 11.8. The van der Waals surface area contributed by atoms with Crippen LogP contribution in [0.4, 0.5) is 10.1 Å². The first-order valence-electron chi connectivity index (χ1n) is 11.2. The predicted octanol–water partition coefficient (Wildman–Crippen LogP) is 6.45. The molecule has 0 radical (unpaired) electrons. The van der Waals surface area contributed by atoms with Crippen LogP contribution in [0.5, 0.6) is 5.75 Å². The fourth-order valence-corrected chi connectivity index (χ4v) is 4.16. The Kier molecular flexibility index (Phi) is 6.94. The Labute approximate surface area is 208 Å². The molecule has 1 N–H and O–H groups in total. The van der Waals surface area contributed by atoms with Crippen molar-refractivity contribution in [1.29, 1.82) is 0 Å². The second-order valence-electron chi connectivity index (χ2n) is 8.88. The molecular weight excluding hydrogens is 469 g/mol. The number of Topliss-reactive ketones (excluding diaryl/α,β-unsaturated/α-hetero) is 1. The summed E-state index contributed by atoms with van der Waals surface area (Å²) >= 11 is 6.06. The molecule has 0 bridgehead atoms. The van der Waals surface area contributed by atoms with Gasteiger partial charge in [0, 0.05) is 16.3 Å². The van der Waals surface area contributed by atoms with E-state index in [9.17, 15) is 19.1 Å². The van der Waals surface area contributed by atoms with Gasteiger partial charge < -0.3 is 9.84 Å². The van der Waals surface area contributed by atoms with Crippen molar-refractivity contribution in [3.8, 4) is 5.75 Å². The van der Waals surface area contributed by atoms with E-state index in [-0.39, 0.29) is 11.3 Å². The lowest BCUT2D eigenvalue weighted by Gasteiger charge is -2.25. The summed E-state index contributed by atoms with van der Waals surface area (Å²) in [6.07, 6.45) is 0. The summed E-state index contributed by atoms with van der Waals surface area (Å²) in [6.45, 7) is 6.49. The third-order valence-electron chi connectivity index (χ3n) is 5.76. The number of rotatable bonds is 6. The summed E-state index contributed by atoms with van der Waals surface area (Å²) in [6, 6.07) is 16.1. The third kappa shape index (κ3) is 4.93. The molecule has 5 nitrogen and oxygen atoms in total. The first kappa shape index (κ1) is 24.5. The maximum atomic E-state index is 13.6. The van der Waals surface area contributed by atoms with Crippen molar-refractivity contribution in [3.05, 3.63) is 99.8 Å². The van der Waals surface area contributed by atoms with Crippen molar-refractivity contribution in [1.82, 2.24) is 0 Å². The number of aryl methyl sites for hydroxylation is 1. The average Bonchev–Trinajstić information content (AvgIpc) is 3.09. The Morgan fingerprint density at radius 1 is 1.06 bits per heavy atom. The number of benzene rings is 3. The van der Waals surface area contributed by atoms with Gasteiger partial charge in [0.05, 0.1) is 18.2 Å². The van der Waals surface area contributed by atoms with Crippen LogP contribution in [0, 0.1) is 18.7 Å². The molecule has 180 valence electrons. The molecule has 3 aromatic rings. The molecule has 3 aromatic carbocycles. The molecule has 1 heterocycles. The number of anilines is 1. The number of hydrogen-bond donors (Lipinski definition) is 1. The zero-order valence-corrected chi connectivity index (χ0v) is 20.3. The molecule has 1 saturated heterocycles. The highest BCUT2D eigenvalue weighted by Gasteiger charge is 2.47. The minimum absolute atomic E-state index is 0.0584. The van der Waals surface area contributed by atoms with Gasteiger partial charge in [-0.25, -0.2) is 4.39 Å². The number of aliphatic hydroxyl groups is 1. The molecule has 0 spiro atoms. The molecule has 1 unspecified atom stereocenters. The molecule has 4 rings (SSSR count). The predicted molar refractivity (Wildman–Crippen MR) is 134 cm³/mol. The molecule has 35 heavy (non-hydrogen) atoms. The summed E-state index contributed by atoms with van der Waals surface area (Å²) in [7, 11) is 0. The van der Waals surface area contributed by atoms with Crippen LogP contribution in [0.3, 0.4) is 0 Å². The summed E-state index contributed by atoms with van der Waals surface area (Å²) in [4.78, 5) is 27.6. The standard InChI is InChI=1S/C28H25ClFNO4/c1-16(2)15-35-23-13-6-19(14-17(23)3)26(32)24-25(18-4-7-20(29)8-5-18)31(28(34)27(24)33)22-11-9-21(30)10-12-22/h4-14,16,25,32H,15H2,1-3H3/b26-24-. The normalized spacial score (nSPS) is 17.3. The van der Waals surface area contributed by atoms with Gasteiger partial charge >= 0.3 is 0 Å². The highest BCUT2D eigenvalue weighted by atomic mass is 35.5. The quantitative estimate of drug-likeness (QED) is 0.243. The largest absolute Gasteiger partial charge is 0.507 e. The number of nitrogens with zero attached hydrogens (tertiary/aromatic N) is 1. The second kappa shape index (κ2) is 9.92. The van der Waals surface area contributed by atoms with E-state index in [4.69, 9.17) is 16.3 Å².